The monoisotopic (exact) mass is 422 g/mol. The van der Waals surface area contributed by atoms with E-state index in [9.17, 15) is 10.0 Å². The number of nitrogens with zero attached hydrogens (tertiary/aromatic N) is 2. The molecule has 1 N–H and O–H groups in total. The van der Waals surface area contributed by atoms with Gasteiger partial charge < -0.3 is 14.8 Å². The first-order chi connectivity index (χ1) is 10.7. The molecule has 0 saturated carbocycles. The van der Waals surface area contributed by atoms with E-state index in [1.165, 1.54) is 11.3 Å². The van der Waals surface area contributed by atoms with Gasteiger partial charge in [0.2, 0.25) is 0 Å². The van der Waals surface area contributed by atoms with E-state index in [0.717, 1.165) is 22.2 Å². The lowest BCUT2D eigenvalue weighted by Gasteiger charge is -2.33. The van der Waals surface area contributed by atoms with Crippen molar-refractivity contribution in [2.75, 3.05) is 13.1 Å². The number of thiophene rings is 1. The van der Waals surface area contributed by atoms with Crippen molar-refractivity contribution in [3.05, 3.63) is 19.8 Å². The van der Waals surface area contributed by atoms with Crippen molar-refractivity contribution in [2.24, 2.45) is 11.1 Å². The number of hydrogen-bond acceptors (Lipinski definition) is 5. The predicted octanol–water partition coefficient (Wildman–Crippen LogP) is 4.99. The van der Waals surface area contributed by atoms with Crippen molar-refractivity contribution in [3.63, 3.8) is 0 Å². The Labute approximate surface area is 153 Å². The van der Waals surface area contributed by atoms with Gasteiger partial charge in [-0.05, 0) is 49.5 Å². The van der Waals surface area contributed by atoms with Crippen molar-refractivity contribution in [2.45, 2.75) is 39.2 Å². The SMILES string of the molecule is CC(C)(C)OC(=O)N1CCC(/C(=N\O)c2scc(Cl)c2Br)CC1. The highest BCUT2D eigenvalue weighted by Gasteiger charge is 2.31. The van der Waals surface area contributed by atoms with Crippen molar-refractivity contribution in [1.82, 2.24) is 4.90 Å². The molecular formula is C15H20BrClN2O3S. The molecule has 1 saturated heterocycles. The molecule has 2 heterocycles. The Morgan fingerprint density at radius 3 is 2.52 bits per heavy atom. The summed E-state index contributed by atoms with van der Waals surface area (Å²) in [5.41, 5.74) is 0.127. The summed E-state index contributed by atoms with van der Waals surface area (Å²) in [6, 6.07) is 0. The lowest BCUT2D eigenvalue weighted by Crippen LogP contribution is -2.43. The summed E-state index contributed by atoms with van der Waals surface area (Å²) in [7, 11) is 0. The highest BCUT2D eigenvalue weighted by Crippen LogP contribution is 2.36. The molecule has 5 nitrogen and oxygen atoms in total. The molecule has 1 aliphatic heterocycles. The molecule has 0 atom stereocenters. The highest BCUT2D eigenvalue weighted by molar-refractivity contribution is 9.10. The Bertz CT molecular complexity index is 604. The minimum atomic E-state index is -0.496. The lowest BCUT2D eigenvalue weighted by atomic mass is 9.91. The van der Waals surface area contributed by atoms with Crippen LogP contribution in [0.5, 0.6) is 0 Å². The summed E-state index contributed by atoms with van der Waals surface area (Å²) in [4.78, 5) is 14.6. The second-order valence-corrected chi connectivity index (χ2v) is 8.53. The minimum absolute atomic E-state index is 0.0877. The Morgan fingerprint density at radius 1 is 1.48 bits per heavy atom. The molecule has 0 aliphatic carbocycles. The van der Waals surface area contributed by atoms with Crippen LogP contribution in [0.25, 0.3) is 0 Å². The van der Waals surface area contributed by atoms with E-state index in [2.05, 4.69) is 21.1 Å². The number of ether oxygens (including phenoxy) is 1. The molecule has 0 radical (unpaired) electrons. The molecule has 0 aromatic carbocycles. The predicted molar refractivity (Wildman–Crippen MR) is 95.9 cm³/mol. The smallest absolute Gasteiger partial charge is 0.410 e. The molecule has 0 unspecified atom stereocenters. The second-order valence-electron chi connectivity index (χ2n) is 6.45. The number of halogens is 2. The van der Waals surface area contributed by atoms with Crippen LogP contribution in [0.4, 0.5) is 4.79 Å². The first-order valence-corrected chi connectivity index (χ1v) is 9.40. The number of hydrogen-bond donors (Lipinski definition) is 1. The zero-order valence-corrected chi connectivity index (χ0v) is 16.5. The van der Waals surface area contributed by atoms with Crippen LogP contribution in [0.1, 0.15) is 38.5 Å². The topological polar surface area (TPSA) is 62.1 Å². The molecule has 8 heteroatoms. The highest BCUT2D eigenvalue weighted by atomic mass is 79.9. The first-order valence-electron chi connectivity index (χ1n) is 7.35. The van der Waals surface area contributed by atoms with Crippen molar-refractivity contribution < 1.29 is 14.7 Å². The van der Waals surface area contributed by atoms with Gasteiger partial charge in [-0.25, -0.2) is 4.79 Å². The van der Waals surface area contributed by atoms with E-state index >= 15 is 0 Å². The Morgan fingerprint density at radius 2 is 2.09 bits per heavy atom. The normalized spacial score (nSPS) is 17.4. The maximum Gasteiger partial charge on any atom is 0.410 e. The van der Waals surface area contributed by atoms with Gasteiger partial charge in [0, 0.05) is 24.4 Å². The number of likely N-dealkylation sites (tertiary alicyclic amines) is 1. The van der Waals surface area contributed by atoms with Crippen molar-refractivity contribution in [1.29, 1.82) is 0 Å². The zero-order chi connectivity index (χ0) is 17.2. The average Bonchev–Trinajstić information content (AvgIpc) is 2.79. The largest absolute Gasteiger partial charge is 0.444 e. The number of amides is 1. The van der Waals surface area contributed by atoms with E-state index in [-0.39, 0.29) is 12.0 Å². The summed E-state index contributed by atoms with van der Waals surface area (Å²) in [6.45, 7) is 6.72. The fourth-order valence-corrected chi connectivity index (χ4v) is 4.38. The van der Waals surface area contributed by atoms with E-state index in [4.69, 9.17) is 16.3 Å². The first kappa shape index (κ1) is 18.5. The van der Waals surface area contributed by atoms with Gasteiger partial charge in [0.15, 0.2) is 0 Å². The van der Waals surface area contributed by atoms with E-state index in [1.54, 1.807) is 4.90 Å². The van der Waals surface area contributed by atoms with Gasteiger partial charge in [0.1, 0.15) is 11.3 Å². The molecule has 0 spiro atoms. The van der Waals surface area contributed by atoms with E-state index < -0.39 is 5.60 Å². The number of carbonyl (C=O) groups is 1. The molecule has 128 valence electrons. The lowest BCUT2D eigenvalue weighted by molar-refractivity contribution is 0.0201. The molecule has 1 aliphatic rings. The summed E-state index contributed by atoms with van der Waals surface area (Å²) in [5.74, 6) is 0.0877. The van der Waals surface area contributed by atoms with Gasteiger partial charge >= 0.3 is 6.09 Å². The van der Waals surface area contributed by atoms with Gasteiger partial charge in [0.25, 0.3) is 0 Å². The molecule has 1 aromatic heterocycles. The van der Waals surface area contributed by atoms with Crippen LogP contribution in [0, 0.1) is 5.92 Å². The zero-order valence-electron chi connectivity index (χ0n) is 13.3. The van der Waals surface area contributed by atoms with Crippen LogP contribution in [0.15, 0.2) is 15.0 Å². The minimum Gasteiger partial charge on any atom is -0.444 e. The van der Waals surface area contributed by atoms with Crippen LogP contribution in [0.2, 0.25) is 5.02 Å². The molecule has 0 bridgehead atoms. The van der Waals surface area contributed by atoms with Crippen LogP contribution in [0.3, 0.4) is 0 Å². The summed E-state index contributed by atoms with van der Waals surface area (Å²) >= 11 is 10.9. The summed E-state index contributed by atoms with van der Waals surface area (Å²) in [6.07, 6.45) is 1.15. The Hall–Kier alpha value is -0.790. The molecular weight excluding hydrogens is 404 g/mol. The third kappa shape index (κ3) is 4.61. The standard InChI is InChI=1S/C15H20BrClN2O3S/c1-15(2,3)22-14(20)19-6-4-9(5-7-19)12(18-21)13-11(16)10(17)8-23-13/h8-9,21H,4-7H2,1-3H3/b18-12+. The molecule has 2 rings (SSSR count). The van der Waals surface area contributed by atoms with Crippen molar-refractivity contribution in [3.8, 4) is 0 Å². The number of rotatable bonds is 2. The average molecular weight is 424 g/mol. The summed E-state index contributed by atoms with van der Waals surface area (Å²) in [5, 5.41) is 15.3. The van der Waals surface area contributed by atoms with Crippen LogP contribution in [-0.2, 0) is 4.74 Å². The number of piperidine rings is 1. The van der Waals surface area contributed by atoms with Crippen molar-refractivity contribution >= 4 is 50.7 Å². The molecule has 1 fully saturated rings. The Balaban J connectivity index is 2.01. The number of oxime groups is 1. The third-order valence-corrected chi connectivity index (χ3v) is 6.31. The summed E-state index contributed by atoms with van der Waals surface area (Å²) < 4.78 is 6.15. The van der Waals surface area contributed by atoms with Crippen LogP contribution >= 0.6 is 38.9 Å². The van der Waals surface area contributed by atoms with E-state index in [1.807, 2.05) is 26.2 Å². The van der Waals surface area contributed by atoms with Crippen LogP contribution in [-0.4, -0.2) is 40.6 Å². The van der Waals surface area contributed by atoms with Gasteiger partial charge in [-0.15, -0.1) is 11.3 Å². The number of carbonyl (C=O) groups excluding carboxylic acids is 1. The molecule has 1 amide bonds. The van der Waals surface area contributed by atoms with Gasteiger partial charge in [-0.2, -0.15) is 0 Å². The quantitative estimate of drug-likeness (QED) is 0.414. The second kappa shape index (κ2) is 7.40. The van der Waals surface area contributed by atoms with Gasteiger partial charge in [-0.3, -0.25) is 0 Å². The fraction of sp³-hybridized carbons (Fsp3) is 0.600. The maximum atomic E-state index is 12.1. The third-order valence-electron chi connectivity index (χ3n) is 3.56. The Kier molecular flexibility index (Phi) is 5.97. The van der Waals surface area contributed by atoms with Crippen LogP contribution < -0.4 is 0 Å². The van der Waals surface area contributed by atoms with E-state index in [0.29, 0.717) is 23.8 Å². The van der Waals surface area contributed by atoms with Gasteiger partial charge in [-0.1, -0.05) is 16.8 Å². The molecule has 1 aromatic rings. The van der Waals surface area contributed by atoms with Gasteiger partial charge in [0.05, 0.1) is 14.4 Å². The maximum absolute atomic E-state index is 12.1. The fourth-order valence-electron chi connectivity index (χ4n) is 2.47. The molecule has 23 heavy (non-hydrogen) atoms.